The van der Waals surface area contributed by atoms with Crippen molar-refractivity contribution in [2.24, 2.45) is 10.9 Å². The molecule has 0 bridgehead atoms. The Labute approximate surface area is 151 Å². The molecule has 1 aliphatic heterocycles. The third kappa shape index (κ3) is 6.55. The Kier molecular flexibility index (Phi) is 8.01. The summed E-state index contributed by atoms with van der Waals surface area (Å²) in [6.07, 6.45) is 5.60. The van der Waals surface area contributed by atoms with E-state index in [-0.39, 0.29) is 11.8 Å². The van der Waals surface area contributed by atoms with Crippen LogP contribution in [0.3, 0.4) is 0 Å². The van der Waals surface area contributed by atoms with Crippen molar-refractivity contribution in [1.82, 2.24) is 20.4 Å². The standard InChI is InChI=1S/C18H33N5O2/c1-3-19-18(23-12-10-22(11-13-23)15(2)24)21-9-8-20-17(25)14-16-6-4-5-7-16/h16H,3-14H2,1-2H3,(H,19,21)(H,20,25). The van der Waals surface area contributed by atoms with Gasteiger partial charge in [0.25, 0.3) is 0 Å². The van der Waals surface area contributed by atoms with E-state index >= 15 is 0 Å². The van der Waals surface area contributed by atoms with E-state index in [0.29, 0.717) is 25.4 Å². The molecule has 2 rings (SSSR count). The maximum atomic E-state index is 11.9. The topological polar surface area (TPSA) is 77.0 Å². The van der Waals surface area contributed by atoms with E-state index in [1.165, 1.54) is 25.7 Å². The molecule has 142 valence electrons. The van der Waals surface area contributed by atoms with Crippen LogP contribution in [0, 0.1) is 5.92 Å². The van der Waals surface area contributed by atoms with Crippen molar-refractivity contribution < 1.29 is 9.59 Å². The summed E-state index contributed by atoms with van der Waals surface area (Å²) in [6.45, 7) is 8.67. The van der Waals surface area contributed by atoms with Crippen molar-refractivity contribution in [2.45, 2.75) is 46.0 Å². The molecule has 0 atom stereocenters. The highest BCUT2D eigenvalue weighted by Gasteiger charge is 2.21. The number of aliphatic imine (C=N–C) groups is 1. The molecule has 1 aliphatic carbocycles. The zero-order valence-electron chi connectivity index (χ0n) is 15.7. The number of piperazine rings is 1. The molecule has 2 N–H and O–H groups in total. The smallest absolute Gasteiger partial charge is 0.220 e. The summed E-state index contributed by atoms with van der Waals surface area (Å²) in [5, 5.41) is 6.29. The Bertz CT molecular complexity index is 466. The number of hydrogen-bond acceptors (Lipinski definition) is 3. The van der Waals surface area contributed by atoms with Crippen LogP contribution in [0.5, 0.6) is 0 Å². The van der Waals surface area contributed by atoms with Crippen LogP contribution in [-0.4, -0.2) is 73.4 Å². The molecule has 0 aromatic carbocycles. The van der Waals surface area contributed by atoms with Gasteiger partial charge in [-0.05, 0) is 25.7 Å². The average Bonchev–Trinajstić information content (AvgIpc) is 3.10. The second-order valence-corrected chi connectivity index (χ2v) is 6.93. The number of carbonyl (C=O) groups excluding carboxylic acids is 2. The highest BCUT2D eigenvalue weighted by atomic mass is 16.2. The maximum Gasteiger partial charge on any atom is 0.220 e. The lowest BCUT2D eigenvalue weighted by Gasteiger charge is -2.36. The van der Waals surface area contributed by atoms with Gasteiger partial charge in [0.2, 0.25) is 11.8 Å². The highest BCUT2D eigenvalue weighted by molar-refractivity contribution is 5.81. The average molecular weight is 351 g/mol. The molecule has 25 heavy (non-hydrogen) atoms. The predicted molar refractivity (Wildman–Crippen MR) is 99.4 cm³/mol. The summed E-state index contributed by atoms with van der Waals surface area (Å²) < 4.78 is 0. The highest BCUT2D eigenvalue weighted by Crippen LogP contribution is 2.27. The molecule has 1 saturated carbocycles. The summed E-state index contributed by atoms with van der Waals surface area (Å²) >= 11 is 0. The molecule has 0 spiro atoms. The number of guanidine groups is 1. The Morgan fingerprint density at radius 1 is 1.04 bits per heavy atom. The van der Waals surface area contributed by atoms with Crippen molar-refractivity contribution >= 4 is 17.8 Å². The first-order valence-corrected chi connectivity index (χ1v) is 9.65. The zero-order chi connectivity index (χ0) is 18.1. The van der Waals surface area contributed by atoms with Gasteiger partial charge in [0.1, 0.15) is 0 Å². The van der Waals surface area contributed by atoms with Crippen LogP contribution in [0.2, 0.25) is 0 Å². The first kappa shape index (κ1) is 19.5. The number of carbonyl (C=O) groups is 2. The van der Waals surface area contributed by atoms with E-state index in [1.54, 1.807) is 6.92 Å². The molecule has 0 unspecified atom stereocenters. The molecule has 0 aromatic rings. The molecule has 1 heterocycles. The van der Waals surface area contributed by atoms with Crippen molar-refractivity contribution in [2.75, 3.05) is 45.8 Å². The zero-order valence-corrected chi connectivity index (χ0v) is 15.7. The van der Waals surface area contributed by atoms with Crippen LogP contribution in [-0.2, 0) is 9.59 Å². The van der Waals surface area contributed by atoms with Gasteiger partial charge >= 0.3 is 0 Å². The van der Waals surface area contributed by atoms with Crippen molar-refractivity contribution in [3.63, 3.8) is 0 Å². The van der Waals surface area contributed by atoms with E-state index in [4.69, 9.17) is 0 Å². The molecular weight excluding hydrogens is 318 g/mol. The van der Waals surface area contributed by atoms with Crippen LogP contribution < -0.4 is 10.6 Å². The van der Waals surface area contributed by atoms with Gasteiger partial charge < -0.3 is 20.4 Å². The SMILES string of the molecule is CCNC(=NCCNC(=O)CC1CCCC1)N1CCN(C(C)=O)CC1. The summed E-state index contributed by atoms with van der Waals surface area (Å²) in [4.78, 5) is 32.0. The van der Waals surface area contributed by atoms with Crippen molar-refractivity contribution in [3.05, 3.63) is 0 Å². The van der Waals surface area contributed by atoms with Crippen LogP contribution in [0.25, 0.3) is 0 Å². The van der Waals surface area contributed by atoms with E-state index in [9.17, 15) is 9.59 Å². The Morgan fingerprint density at radius 3 is 2.28 bits per heavy atom. The van der Waals surface area contributed by atoms with Crippen LogP contribution >= 0.6 is 0 Å². The molecule has 2 aliphatic rings. The summed E-state index contributed by atoms with van der Waals surface area (Å²) in [5.74, 6) is 1.74. The first-order chi connectivity index (χ1) is 12.1. The van der Waals surface area contributed by atoms with E-state index in [1.807, 2.05) is 11.8 Å². The van der Waals surface area contributed by atoms with Crippen LogP contribution in [0.4, 0.5) is 0 Å². The summed E-state index contributed by atoms with van der Waals surface area (Å²) in [6, 6.07) is 0. The van der Waals surface area contributed by atoms with Gasteiger partial charge in [0.15, 0.2) is 5.96 Å². The third-order valence-corrected chi connectivity index (χ3v) is 5.00. The van der Waals surface area contributed by atoms with Crippen molar-refractivity contribution in [1.29, 1.82) is 0 Å². The molecule has 7 nitrogen and oxygen atoms in total. The molecule has 0 radical (unpaired) electrons. The van der Waals surface area contributed by atoms with Gasteiger partial charge in [0.05, 0.1) is 6.54 Å². The lowest BCUT2D eigenvalue weighted by molar-refractivity contribution is -0.130. The number of rotatable bonds is 6. The molecule has 0 aromatic heterocycles. The molecule has 2 amide bonds. The fourth-order valence-corrected chi connectivity index (χ4v) is 3.56. The van der Waals surface area contributed by atoms with E-state index in [2.05, 4.69) is 20.5 Å². The Morgan fingerprint density at radius 2 is 1.68 bits per heavy atom. The van der Waals surface area contributed by atoms with Crippen LogP contribution in [0.15, 0.2) is 4.99 Å². The molecule has 2 fully saturated rings. The van der Waals surface area contributed by atoms with Gasteiger partial charge in [-0.1, -0.05) is 12.8 Å². The van der Waals surface area contributed by atoms with Crippen LogP contribution in [0.1, 0.15) is 46.0 Å². The number of hydrogen-bond donors (Lipinski definition) is 2. The van der Waals surface area contributed by atoms with Gasteiger partial charge in [-0.2, -0.15) is 0 Å². The Balaban J connectivity index is 1.71. The fourth-order valence-electron chi connectivity index (χ4n) is 3.56. The van der Waals surface area contributed by atoms with E-state index in [0.717, 1.165) is 38.7 Å². The molecule has 7 heteroatoms. The lowest BCUT2D eigenvalue weighted by atomic mass is 10.0. The number of amides is 2. The number of nitrogens with zero attached hydrogens (tertiary/aromatic N) is 3. The summed E-state index contributed by atoms with van der Waals surface area (Å²) in [7, 11) is 0. The largest absolute Gasteiger partial charge is 0.357 e. The van der Waals surface area contributed by atoms with Gasteiger partial charge in [-0.3, -0.25) is 14.6 Å². The minimum Gasteiger partial charge on any atom is -0.357 e. The van der Waals surface area contributed by atoms with Crippen molar-refractivity contribution in [3.8, 4) is 0 Å². The molecular formula is C18H33N5O2. The maximum absolute atomic E-state index is 11.9. The minimum absolute atomic E-state index is 0.131. The third-order valence-electron chi connectivity index (χ3n) is 5.00. The second-order valence-electron chi connectivity index (χ2n) is 6.93. The number of nitrogens with one attached hydrogen (secondary N) is 2. The fraction of sp³-hybridized carbons (Fsp3) is 0.833. The predicted octanol–water partition coefficient (Wildman–Crippen LogP) is 0.813. The monoisotopic (exact) mass is 351 g/mol. The lowest BCUT2D eigenvalue weighted by Crippen LogP contribution is -2.53. The minimum atomic E-state index is 0.131. The van der Waals surface area contributed by atoms with Gasteiger partial charge in [-0.15, -0.1) is 0 Å². The Hall–Kier alpha value is -1.79. The quantitative estimate of drug-likeness (QED) is 0.422. The normalized spacial score (nSPS) is 19.2. The van der Waals surface area contributed by atoms with Gasteiger partial charge in [0, 0.05) is 52.6 Å². The summed E-state index contributed by atoms with van der Waals surface area (Å²) in [5.41, 5.74) is 0. The first-order valence-electron chi connectivity index (χ1n) is 9.65. The second kappa shape index (κ2) is 10.3. The van der Waals surface area contributed by atoms with E-state index < -0.39 is 0 Å². The van der Waals surface area contributed by atoms with Gasteiger partial charge in [-0.25, -0.2) is 0 Å². The molecule has 1 saturated heterocycles.